The van der Waals surface area contributed by atoms with E-state index in [9.17, 15) is 4.79 Å². The number of nitrogens with zero attached hydrogens (tertiary/aromatic N) is 2. The molecule has 1 aliphatic rings. The molecule has 0 atom stereocenters. The molecule has 1 amide bonds. The van der Waals surface area contributed by atoms with Crippen LogP contribution in [0.2, 0.25) is 10.0 Å². The van der Waals surface area contributed by atoms with Crippen LogP contribution < -0.4 is 0 Å². The molecule has 1 aromatic heterocycles. The van der Waals surface area contributed by atoms with E-state index in [2.05, 4.69) is 0 Å². The van der Waals surface area contributed by atoms with E-state index >= 15 is 0 Å². The number of likely N-dealkylation sites (tertiary alicyclic amines) is 1. The predicted octanol–water partition coefficient (Wildman–Crippen LogP) is 5.83. The van der Waals surface area contributed by atoms with Crippen LogP contribution in [0.3, 0.4) is 0 Å². The molecule has 1 saturated heterocycles. The summed E-state index contributed by atoms with van der Waals surface area (Å²) in [5, 5.41) is 1.86. The summed E-state index contributed by atoms with van der Waals surface area (Å²) in [5.74, 6) is 0.0737. The summed E-state index contributed by atoms with van der Waals surface area (Å²) in [7, 11) is 0. The van der Waals surface area contributed by atoms with Crippen molar-refractivity contribution in [2.45, 2.75) is 19.3 Å². The Morgan fingerprint density at radius 2 is 1.69 bits per heavy atom. The Morgan fingerprint density at radius 3 is 2.46 bits per heavy atom. The second-order valence-corrected chi connectivity index (χ2v) is 7.37. The van der Waals surface area contributed by atoms with Gasteiger partial charge in [-0.05, 0) is 43.5 Å². The Hall–Kier alpha value is -2.10. The van der Waals surface area contributed by atoms with Gasteiger partial charge in [-0.3, -0.25) is 4.79 Å². The van der Waals surface area contributed by atoms with Crippen molar-refractivity contribution in [3.8, 4) is 11.3 Å². The van der Waals surface area contributed by atoms with E-state index in [1.165, 1.54) is 6.42 Å². The number of aromatic nitrogens is 1. The van der Waals surface area contributed by atoms with Crippen LogP contribution in [0.15, 0.2) is 48.5 Å². The first-order valence-corrected chi connectivity index (χ1v) is 9.53. The number of fused-ring (bicyclic) bond motifs is 1. The van der Waals surface area contributed by atoms with Crippen molar-refractivity contribution in [3.63, 3.8) is 0 Å². The minimum absolute atomic E-state index is 0.0737. The maximum absolute atomic E-state index is 13.2. The Morgan fingerprint density at radius 1 is 0.923 bits per heavy atom. The molecule has 3 aromatic rings. The number of rotatable bonds is 2. The number of amides is 1. The molecule has 0 bridgehead atoms. The molecule has 0 radical (unpaired) electrons. The molecular weight excluding hydrogens is 367 g/mol. The number of hydrogen-bond donors (Lipinski definition) is 0. The van der Waals surface area contributed by atoms with Crippen molar-refractivity contribution >= 4 is 40.0 Å². The summed E-state index contributed by atoms with van der Waals surface area (Å²) >= 11 is 12.2. The van der Waals surface area contributed by atoms with Crippen molar-refractivity contribution in [1.29, 1.82) is 0 Å². The Bertz CT molecular complexity index is 981. The van der Waals surface area contributed by atoms with Crippen LogP contribution in [0.25, 0.3) is 22.2 Å². The number of carbonyl (C=O) groups is 1. The lowest BCUT2D eigenvalue weighted by Gasteiger charge is -2.27. The van der Waals surface area contributed by atoms with Crippen LogP contribution in [0, 0.1) is 0 Å². The summed E-state index contributed by atoms with van der Waals surface area (Å²) in [6, 6.07) is 15.1. The molecule has 2 aromatic carbocycles. The molecule has 5 heteroatoms. The van der Waals surface area contributed by atoms with Crippen LogP contribution in [-0.4, -0.2) is 28.9 Å². The molecule has 2 heterocycles. The van der Waals surface area contributed by atoms with Gasteiger partial charge < -0.3 is 4.90 Å². The second kappa shape index (κ2) is 7.26. The van der Waals surface area contributed by atoms with Crippen molar-refractivity contribution in [1.82, 2.24) is 9.88 Å². The summed E-state index contributed by atoms with van der Waals surface area (Å²) < 4.78 is 0. The van der Waals surface area contributed by atoms with Crippen molar-refractivity contribution in [2.75, 3.05) is 13.1 Å². The highest BCUT2D eigenvalue weighted by Gasteiger charge is 2.21. The van der Waals surface area contributed by atoms with Gasteiger partial charge in [0.1, 0.15) is 0 Å². The summed E-state index contributed by atoms with van der Waals surface area (Å²) in [6.45, 7) is 1.63. The van der Waals surface area contributed by atoms with Gasteiger partial charge in [-0.2, -0.15) is 0 Å². The van der Waals surface area contributed by atoms with Crippen LogP contribution in [0.5, 0.6) is 0 Å². The van der Waals surface area contributed by atoms with E-state index in [1.54, 1.807) is 12.1 Å². The van der Waals surface area contributed by atoms with Gasteiger partial charge in [-0.25, -0.2) is 4.98 Å². The lowest BCUT2D eigenvalue weighted by Crippen LogP contribution is -2.35. The SMILES string of the molecule is O=C(c1cc(-c2ccc(Cl)c(Cl)c2)nc2ccccc12)N1CCCCC1. The molecule has 4 rings (SSSR count). The first-order chi connectivity index (χ1) is 12.6. The number of benzene rings is 2. The number of piperidine rings is 1. The fraction of sp³-hybridized carbons (Fsp3) is 0.238. The molecule has 0 spiro atoms. The van der Waals surface area contributed by atoms with E-state index < -0.39 is 0 Å². The highest BCUT2D eigenvalue weighted by atomic mass is 35.5. The van der Waals surface area contributed by atoms with Crippen molar-refractivity contribution < 1.29 is 4.79 Å². The van der Waals surface area contributed by atoms with Gasteiger partial charge in [0.25, 0.3) is 5.91 Å². The summed E-state index contributed by atoms with van der Waals surface area (Å²) in [6.07, 6.45) is 3.32. The van der Waals surface area contributed by atoms with Crippen molar-refractivity contribution in [3.05, 3.63) is 64.1 Å². The van der Waals surface area contributed by atoms with Gasteiger partial charge in [-0.1, -0.05) is 47.5 Å². The molecule has 0 saturated carbocycles. The van der Waals surface area contributed by atoms with Gasteiger partial charge in [0.05, 0.1) is 26.8 Å². The highest BCUT2D eigenvalue weighted by Crippen LogP contribution is 2.30. The zero-order chi connectivity index (χ0) is 18.1. The predicted molar refractivity (Wildman–Crippen MR) is 107 cm³/mol. The van der Waals surface area contributed by atoms with Crippen LogP contribution in [0.4, 0.5) is 0 Å². The maximum Gasteiger partial charge on any atom is 0.254 e. The van der Waals surface area contributed by atoms with E-state index in [-0.39, 0.29) is 5.91 Å². The molecular formula is C21H18Cl2N2O. The minimum atomic E-state index is 0.0737. The highest BCUT2D eigenvalue weighted by molar-refractivity contribution is 6.42. The third-order valence-corrected chi connectivity index (χ3v) is 5.54. The molecule has 0 aliphatic carbocycles. The second-order valence-electron chi connectivity index (χ2n) is 6.55. The molecule has 1 aliphatic heterocycles. The normalized spacial score (nSPS) is 14.6. The lowest BCUT2D eigenvalue weighted by atomic mass is 10.0. The number of halogens is 2. The van der Waals surface area contributed by atoms with E-state index in [0.717, 1.165) is 48.1 Å². The molecule has 0 N–H and O–H groups in total. The van der Waals surface area contributed by atoms with Crippen LogP contribution in [-0.2, 0) is 0 Å². The number of carbonyl (C=O) groups excluding carboxylic acids is 1. The van der Waals surface area contributed by atoms with Gasteiger partial charge >= 0.3 is 0 Å². The number of pyridine rings is 1. The molecule has 132 valence electrons. The third-order valence-electron chi connectivity index (χ3n) is 4.81. The summed E-state index contributed by atoms with van der Waals surface area (Å²) in [4.78, 5) is 19.8. The smallest absolute Gasteiger partial charge is 0.254 e. The number of hydrogen-bond acceptors (Lipinski definition) is 2. The first kappa shape index (κ1) is 17.3. The van der Waals surface area contributed by atoms with E-state index in [1.807, 2.05) is 41.3 Å². The van der Waals surface area contributed by atoms with E-state index in [0.29, 0.717) is 15.6 Å². The fourth-order valence-electron chi connectivity index (χ4n) is 3.42. The molecule has 0 unspecified atom stereocenters. The lowest BCUT2D eigenvalue weighted by molar-refractivity contribution is 0.0726. The standard InChI is InChI=1S/C21H18Cl2N2O/c22-17-9-8-14(12-18(17)23)20-13-16(15-6-2-3-7-19(15)24-20)21(26)25-10-4-1-5-11-25/h2-3,6-9,12-13H,1,4-5,10-11H2. The van der Waals surface area contributed by atoms with Gasteiger partial charge in [-0.15, -0.1) is 0 Å². The Kier molecular flexibility index (Phi) is 4.84. The topological polar surface area (TPSA) is 33.2 Å². The average Bonchev–Trinajstić information content (AvgIpc) is 2.69. The average molecular weight is 385 g/mol. The summed E-state index contributed by atoms with van der Waals surface area (Å²) in [5.41, 5.74) is 3.07. The minimum Gasteiger partial charge on any atom is -0.339 e. The largest absolute Gasteiger partial charge is 0.339 e. The van der Waals surface area contributed by atoms with Gasteiger partial charge in [0.15, 0.2) is 0 Å². The quantitative estimate of drug-likeness (QED) is 0.556. The number of para-hydroxylation sites is 1. The zero-order valence-electron chi connectivity index (χ0n) is 14.2. The van der Waals surface area contributed by atoms with E-state index in [4.69, 9.17) is 28.2 Å². The zero-order valence-corrected chi connectivity index (χ0v) is 15.7. The third kappa shape index (κ3) is 3.29. The molecule has 3 nitrogen and oxygen atoms in total. The first-order valence-electron chi connectivity index (χ1n) is 8.78. The van der Waals surface area contributed by atoms with Crippen LogP contribution >= 0.6 is 23.2 Å². The molecule has 26 heavy (non-hydrogen) atoms. The van der Waals surface area contributed by atoms with Crippen LogP contribution in [0.1, 0.15) is 29.6 Å². The Labute approximate surface area is 162 Å². The monoisotopic (exact) mass is 384 g/mol. The van der Waals surface area contributed by atoms with Crippen molar-refractivity contribution in [2.24, 2.45) is 0 Å². The Balaban J connectivity index is 1.85. The molecule has 1 fully saturated rings. The van der Waals surface area contributed by atoms with Gasteiger partial charge in [0.2, 0.25) is 0 Å². The fourth-order valence-corrected chi connectivity index (χ4v) is 3.72. The maximum atomic E-state index is 13.2. The van der Waals surface area contributed by atoms with Gasteiger partial charge in [0, 0.05) is 24.0 Å².